The number of thiazole rings is 1. The van der Waals surface area contributed by atoms with Crippen molar-refractivity contribution < 1.29 is 9.59 Å². The topological polar surface area (TPSA) is 91.0 Å². The lowest BCUT2D eigenvalue weighted by molar-refractivity contribution is -0.121. The van der Waals surface area contributed by atoms with Gasteiger partial charge in [0.05, 0.1) is 5.69 Å². The molecule has 2 aromatic heterocycles. The first-order valence-corrected chi connectivity index (χ1v) is 9.75. The van der Waals surface area contributed by atoms with Gasteiger partial charge in [-0.3, -0.25) is 20.0 Å². The van der Waals surface area contributed by atoms with Crippen molar-refractivity contribution >= 4 is 28.3 Å². The fourth-order valence-electron chi connectivity index (χ4n) is 3.93. The maximum atomic E-state index is 13.2. The van der Waals surface area contributed by atoms with Crippen LogP contribution in [0.3, 0.4) is 0 Å². The SMILES string of the molecule is O=C(Nc1nccs1)C(c1n[nH]c2c1CCC2)N1Cc2ccccc2C1=O. The van der Waals surface area contributed by atoms with Gasteiger partial charge in [0.15, 0.2) is 11.2 Å². The lowest BCUT2D eigenvalue weighted by Crippen LogP contribution is -2.38. The minimum Gasteiger partial charge on any atom is -0.317 e. The molecule has 0 bridgehead atoms. The molecule has 1 aromatic carbocycles. The number of benzene rings is 1. The third-order valence-corrected chi connectivity index (χ3v) is 5.86. The van der Waals surface area contributed by atoms with Crippen LogP contribution in [0.25, 0.3) is 0 Å². The molecule has 0 radical (unpaired) electrons. The molecule has 136 valence electrons. The lowest BCUT2D eigenvalue weighted by atomic mass is 10.1. The fourth-order valence-corrected chi connectivity index (χ4v) is 4.46. The van der Waals surface area contributed by atoms with Crippen LogP contribution in [0, 0.1) is 0 Å². The number of aromatic amines is 1. The smallest absolute Gasteiger partial charge is 0.255 e. The first-order chi connectivity index (χ1) is 13.2. The van der Waals surface area contributed by atoms with E-state index in [4.69, 9.17) is 0 Å². The lowest BCUT2D eigenvalue weighted by Gasteiger charge is -2.26. The predicted octanol–water partition coefficient (Wildman–Crippen LogP) is 2.69. The van der Waals surface area contributed by atoms with Gasteiger partial charge in [0.2, 0.25) is 0 Å². The van der Waals surface area contributed by atoms with Gasteiger partial charge in [-0.25, -0.2) is 4.98 Å². The molecule has 2 amide bonds. The van der Waals surface area contributed by atoms with E-state index in [2.05, 4.69) is 20.5 Å². The molecular formula is C19H17N5O2S. The Morgan fingerprint density at radius 2 is 2.19 bits per heavy atom. The Balaban J connectivity index is 1.54. The van der Waals surface area contributed by atoms with Crippen molar-refractivity contribution in [3.05, 3.63) is 63.9 Å². The van der Waals surface area contributed by atoms with E-state index in [-0.39, 0.29) is 11.8 Å². The summed E-state index contributed by atoms with van der Waals surface area (Å²) in [6, 6.07) is 6.70. The average molecular weight is 379 g/mol. The highest BCUT2D eigenvalue weighted by atomic mass is 32.1. The van der Waals surface area contributed by atoms with Crippen LogP contribution in [0.2, 0.25) is 0 Å². The summed E-state index contributed by atoms with van der Waals surface area (Å²) in [5.74, 6) is -0.424. The molecule has 5 rings (SSSR count). The summed E-state index contributed by atoms with van der Waals surface area (Å²) >= 11 is 1.35. The van der Waals surface area contributed by atoms with E-state index >= 15 is 0 Å². The maximum absolute atomic E-state index is 13.2. The Hall–Kier alpha value is -3.00. The zero-order chi connectivity index (χ0) is 18.4. The van der Waals surface area contributed by atoms with E-state index in [1.807, 2.05) is 24.3 Å². The first kappa shape index (κ1) is 16.2. The predicted molar refractivity (Wildman–Crippen MR) is 100 cm³/mol. The van der Waals surface area contributed by atoms with Crippen molar-refractivity contribution in [3.63, 3.8) is 0 Å². The first-order valence-electron chi connectivity index (χ1n) is 8.87. The zero-order valence-corrected chi connectivity index (χ0v) is 15.3. The highest BCUT2D eigenvalue weighted by Crippen LogP contribution is 2.35. The van der Waals surface area contributed by atoms with Gasteiger partial charge in [-0.15, -0.1) is 11.3 Å². The molecule has 2 aliphatic rings. The summed E-state index contributed by atoms with van der Waals surface area (Å²) < 4.78 is 0. The van der Waals surface area contributed by atoms with Crippen molar-refractivity contribution in [1.82, 2.24) is 20.1 Å². The molecule has 1 atom stereocenters. The van der Waals surface area contributed by atoms with Crippen molar-refractivity contribution in [2.75, 3.05) is 5.32 Å². The van der Waals surface area contributed by atoms with Crippen LogP contribution < -0.4 is 5.32 Å². The van der Waals surface area contributed by atoms with Crippen LogP contribution >= 0.6 is 11.3 Å². The Kier molecular flexibility index (Phi) is 3.78. The van der Waals surface area contributed by atoms with Gasteiger partial charge < -0.3 is 4.90 Å². The number of nitrogens with zero attached hydrogens (tertiary/aromatic N) is 3. The average Bonchev–Trinajstić information content (AvgIpc) is 3.43. The number of fused-ring (bicyclic) bond motifs is 2. The Labute approximate surface area is 159 Å². The largest absolute Gasteiger partial charge is 0.317 e. The molecule has 27 heavy (non-hydrogen) atoms. The van der Waals surface area contributed by atoms with Crippen LogP contribution in [-0.4, -0.2) is 31.9 Å². The Bertz CT molecular complexity index is 1030. The highest BCUT2D eigenvalue weighted by Gasteiger charge is 2.40. The summed E-state index contributed by atoms with van der Waals surface area (Å²) in [6.45, 7) is 0.395. The minimum absolute atomic E-state index is 0.139. The molecule has 7 nitrogen and oxygen atoms in total. The second-order valence-electron chi connectivity index (χ2n) is 6.74. The molecule has 3 heterocycles. The summed E-state index contributed by atoms with van der Waals surface area (Å²) in [7, 11) is 0. The van der Waals surface area contributed by atoms with Crippen LogP contribution in [-0.2, 0) is 24.2 Å². The van der Waals surface area contributed by atoms with Crippen LogP contribution in [0.4, 0.5) is 5.13 Å². The maximum Gasteiger partial charge on any atom is 0.255 e. The molecule has 0 spiro atoms. The van der Waals surface area contributed by atoms with E-state index in [1.54, 1.807) is 16.5 Å². The summed E-state index contributed by atoms with van der Waals surface area (Å²) in [5, 5.41) is 12.7. The minimum atomic E-state index is -0.785. The summed E-state index contributed by atoms with van der Waals surface area (Å²) in [5.41, 5.74) is 4.37. The Morgan fingerprint density at radius 1 is 1.30 bits per heavy atom. The van der Waals surface area contributed by atoms with Crippen molar-refractivity contribution in [2.24, 2.45) is 0 Å². The Morgan fingerprint density at radius 3 is 3.00 bits per heavy atom. The van der Waals surface area contributed by atoms with Gasteiger partial charge in [-0.05, 0) is 36.5 Å². The van der Waals surface area contributed by atoms with E-state index < -0.39 is 6.04 Å². The van der Waals surface area contributed by atoms with Crippen LogP contribution in [0.1, 0.15) is 45.3 Å². The standard InChI is InChI=1S/C19H17N5O2S/c25-17(21-19-20-8-9-27-19)16(15-13-6-3-7-14(13)22-23-15)24-10-11-4-1-2-5-12(11)18(24)26/h1-2,4-5,8-9,16H,3,6-7,10H2,(H,22,23)(H,20,21,25). The fraction of sp³-hybridized carbons (Fsp3) is 0.263. The molecule has 2 N–H and O–H groups in total. The second kappa shape index (κ2) is 6.31. The molecule has 8 heteroatoms. The van der Waals surface area contributed by atoms with Gasteiger partial charge in [-0.1, -0.05) is 18.2 Å². The number of nitrogens with one attached hydrogen (secondary N) is 2. The number of anilines is 1. The van der Waals surface area contributed by atoms with Crippen molar-refractivity contribution in [3.8, 4) is 0 Å². The summed E-state index contributed by atoms with van der Waals surface area (Å²) in [4.78, 5) is 32.0. The van der Waals surface area contributed by atoms with E-state index in [0.29, 0.717) is 22.9 Å². The third-order valence-electron chi connectivity index (χ3n) is 5.17. The number of H-pyrrole nitrogens is 1. The molecule has 1 aliphatic heterocycles. The number of hydrogen-bond donors (Lipinski definition) is 2. The van der Waals surface area contributed by atoms with E-state index in [1.165, 1.54) is 11.3 Å². The number of aryl methyl sites for hydroxylation is 1. The highest BCUT2D eigenvalue weighted by molar-refractivity contribution is 7.13. The van der Waals surface area contributed by atoms with Crippen LogP contribution in [0.15, 0.2) is 35.8 Å². The number of aromatic nitrogens is 3. The molecule has 0 fully saturated rings. The number of rotatable bonds is 4. The molecular weight excluding hydrogens is 362 g/mol. The van der Waals surface area contributed by atoms with Gasteiger partial charge in [0, 0.05) is 29.4 Å². The van der Waals surface area contributed by atoms with Gasteiger partial charge in [0.25, 0.3) is 11.8 Å². The van der Waals surface area contributed by atoms with Crippen molar-refractivity contribution in [1.29, 1.82) is 0 Å². The normalized spacial score (nSPS) is 16.3. The zero-order valence-electron chi connectivity index (χ0n) is 14.4. The van der Waals surface area contributed by atoms with Gasteiger partial charge in [-0.2, -0.15) is 5.10 Å². The summed E-state index contributed by atoms with van der Waals surface area (Å²) in [6.07, 6.45) is 4.47. The molecule has 0 saturated carbocycles. The molecule has 1 aliphatic carbocycles. The van der Waals surface area contributed by atoms with E-state index in [0.717, 1.165) is 36.1 Å². The second-order valence-corrected chi connectivity index (χ2v) is 7.63. The monoisotopic (exact) mass is 379 g/mol. The van der Waals surface area contributed by atoms with Crippen LogP contribution in [0.5, 0.6) is 0 Å². The molecule has 1 unspecified atom stereocenters. The third kappa shape index (κ3) is 2.64. The van der Waals surface area contributed by atoms with Crippen molar-refractivity contribution in [2.45, 2.75) is 31.8 Å². The van der Waals surface area contributed by atoms with Gasteiger partial charge >= 0.3 is 0 Å². The van der Waals surface area contributed by atoms with Gasteiger partial charge in [0.1, 0.15) is 0 Å². The number of carbonyl (C=O) groups excluding carboxylic acids is 2. The van der Waals surface area contributed by atoms with E-state index in [9.17, 15) is 9.59 Å². The molecule has 0 saturated heterocycles. The number of amides is 2. The number of carbonyl (C=O) groups is 2. The quantitative estimate of drug-likeness (QED) is 0.729. The number of hydrogen-bond acceptors (Lipinski definition) is 5. The molecule has 3 aromatic rings.